The van der Waals surface area contributed by atoms with Crippen molar-refractivity contribution in [2.75, 3.05) is 45.2 Å². The Bertz CT molecular complexity index is 210. The number of carbonyl (C=O) groups excluding carboxylic acids is 1. The summed E-state index contributed by atoms with van der Waals surface area (Å²) in [6.07, 6.45) is 2.82. The normalized spacial score (nSPS) is 19.1. The van der Waals surface area contributed by atoms with Crippen molar-refractivity contribution in [1.82, 2.24) is 9.80 Å². The van der Waals surface area contributed by atoms with Gasteiger partial charge in [-0.3, -0.25) is 4.79 Å². The van der Waals surface area contributed by atoms with Gasteiger partial charge in [0.15, 0.2) is 0 Å². The molecule has 1 heterocycles. The van der Waals surface area contributed by atoms with Crippen molar-refractivity contribution < 1.29 is 4.79 Å². The molecule has 0 bridgehead atoms. The largest absolute Gasteiger partial charge is 0.339 e. The van der Waals surface area contributed by atoms with Gasteiger partial charge < -0.3 is 15.5 Å². The second kappa shape index (κ2) is 8.17. The number of amides is 1. The summed E-state index contributed by atoms with van der Waals surface area (Å²) in [6.45, 7) is 3.56. The van der Waals surface area contributed by atoms with E-state index < -0.39 is 0 Å². The van der Waals surface area contributed by atoms with Gasteiger partial charge in [0.1, 0.15) is 0 Å². The van der Waals surface area contributed by atoms with E-state index in [1.807, 2.05) is 11.2 Å². The Labute approximate surface area is 108 Å². The van der Waals surface area contributed by atoms with Gasteiger partial charge in [0.05, 0.1) is 6.04 Å². The standard InChI is InChI=1S/C10H21N3OS.ClH/c1-12-4-6-13(7-5-12)10(14)9(11)3-8-15-2;/h9H,3-8,11H2,1-2H3;1H/t9-;/m0./s1. The van der Waals surface area contributed by atoms with Crippen molar-refractivity contribution in [2.24, 2.45) is 5.73 Å². The van der Waals surface area contributed by atoms with Gasteiger partial charge in [0.25, 0.3) is 0 Å². The lowest BCUT2D eigenvalue weighted by molar-refractivity contribution is -0.134. The molecule has 1 rings (SSSR count). The van der Waals surface area contributed by atoms with Crippen LogP contribution in [0.3, 0.4) is 0 Å². The molecule has 6 heteroatoms. The quantitative estimate of drug-likeness (QED) is 0.794. The van der Waals surface area contributed by atoms with Crippen LogP contribution in [0.15, 0.2) is 0 Å². The van der Waals surface area contributed by atoms with Crippen molar-refractivity contribution >= 4 is 30.1 Å². The number of nitrogens with zero attached hydrogens (tertiary/aromatic N) is 2. The third-order valence-electron chi connectivity index (χ3n) is 2.77. The maximum absolute atomic E-state index is 11.9. The molecule has 0 aromatic heterocycles. The summed E-state index contributed by atoms with van der Waals surface area (Å²) in [6, 6.07) is -0.305. The Kier molecular flexibility index (Phi) is 8.18. The molecule has 2 N–H and O–H groups in total. The lowest BCUT2D eigenvalue weighted by atomic mass is 10.2. The molecular weight excluding hydrogens is 246 g/mol. The first-order valence-corrected chi connectivity index (χ1v) is 6.76. The van der Waals surface area contributed by atoms with Crippen molar-refractivity contribution in [3.63, 3.8) is 0 Å². The van der Waals surface area contributed by atoms with Crippen molar-refractivity contribution in [2.45, 2.75) is 12.5 Å². The molecule has 0 radical (unpaired) electrons. The molecule has 96 valence electrons. The van der Waals surface area contributed by atoms with E-state index in [1.165, 1.54) is 0 Å². The summed E-state index contributed by atoms with van der Waals surface area (Å²) in [5, 5.41) is 0. The third kappa shape index (κ3) is 4.91. The van der Waals surface area contributed by atoms with E-state index in [0.29, 0.717) is 0 Å². The Balaban J connectivity index is 0.00000225. The minimum absolute atomic E-state index is 0. The van der Waals surface area contributed by atoms with Crippen LogP contribution in [0.5, 0.6) is 0 Å². The summed E-state index contributed by atoms with van der Waals surface area (Å²) in [5.41, 5.74) is 5.85. The van der Waals surface area contributed by atoms with E-state index in [2.05, 4.69) is 11.9 Å². The number of piperazine rings is 1. The van der Waals surface area contributed by atoms with Crippen LogP contribution in [0.2, 0.25) is 0 Å². The Morgan fingerprint density at radius 3 is 2.44 bits per heavy atom. The maximum atomic E-state index is 11.9. The molecule has 0 aliphatic carbocycles. The number of rotatable bonds is 4. The minimum Gasteiger partial charge on any atom is -0.339 e. The summed E-state index contributed by atoms with van der Waals surface area (Å²) in [5.74, 6) is 1.08. The lowest BCUT2D eigenvalue weighted by Crippen LogP contribution is -2.52. The number of nitrogens with two attached hydrogens (primary N) is 1. The molecule has 1 atom stereocenters. The molecule has 4 nitrogen and oxygen atoms in total. The first-order chi connectivity index (χ1) is 7.15. The zero-order valence-corrected chi connectivity index (χ0v) is 11.6. The van der Waals surface area contributed by atoms with E-state index >= 15 is 0 Å². The fourth-order valence-corrected chi connectivity index (χ4v) is 2.12. The van der Waals surface area contributed by atoms with Crippen LogP contribution in [0.25, 0.3) is 0 Å². The first-order valence-electron chi connectivity index (χ1n) is 5.37. The molecule has 0 spiro atoms. The summed E-state index contributed by atoms with van der Waals surface area (Å²) < 4.78 is 0. The predicted octanol–water partition coefficient (Wildman–Crippen LogP) is 0.263. The number of carbonyl (C=O) groups is 1. The number of thioether (sulfide) groups is 1. The Hall–Kier alpha value is 0.0300. The van der Waals surface area contributed by atoms with Gasteiger partial charge in [-0.2, -0.15) is 11.8 Å². The molecule has 1 aliphatic rings. The molecular formula is C10H22ClN3OS. The molecule has 1 saturated heterocycles. The zero-order valence-electron chi connectivity index (χ0n) is 10.0. The van der Waals surface area contributed by atoms with Gasteiger partial charge in [-0.05, 0) is 25.5 Å². The SMILES string of the molecule is CSCC[C@H](N)C(=O)N1CCN(C)CC1.Cl. The third-order valence-corrected chi connectivity index (χ3v) is 3.41. The van der Waals surface area contributed by atoms with E-state index in [0.717, 1.165) is 38.4 Å². The monoisotopic (exact) mass is 267 g/mol. The minimum atomic E-state index is -0.305. The van der Waals surface area contributed by atoms with Crippen LogP contribution in [-0.4, -0.2) is 67.0 Å². The molecule has 1 fully saturated rings. The molecule has 0 aromatic rings. The maximum Gasteiger partial charge on any atom is 0.239 e. The van der Waals surface area contributed by atoms with Crippen LogP contribution >= 0.6 is 24.2 Å². The second-order valence-electron chi connectivity index (χ2n) is 4.02. The van der Waals surface area contributed by atoms with Gasteiger partial charge in [0, 0.05) is 26.2 Å². The lowest BCUT2D eigenvalue weighted by Gasteiger charge is -2.33. The van der Waals surface area contributed by atoms with E-state index in [4.69, 9.17) is 5.73 Å². The number of halogens is 1. The summed E-state index contributed by atoms with van der Waals surface area (Å²) in [7, 11) is 2.08. The number of hydrogen-bond acceptors (Lipinski definition) is 4. The highest BCUT2D eigenvalue weighted by molar-refractivity contribution is 7.98. The van der Waals surface area contributed by atoms with Gasteiger partial charge in [0.2, 0.25) is 5.91 Å². The van der Waals surface area contributed by atoms with Crippen LogP contribution in [0.1, 0.15) is 6.42 Å². The molecule has 1 amide bonds. The van der Waals surface area contributed by atoms with Crippen molar-refractivity contribution in [3.8, 4) is 0 Å². The molecule has 16 heavy (non-hydrogen) atoms. The topological polar surface area (TPSA) is 49.6 Å². The van der Waals surface area contributed by atoms with Crippen molar-refractivity contribution in [3.05, 3.63) is 0 Å². The van der Waals surface area contributed by atoms with Crippen LogP contribution in [-0.2, 0) is 4.79 Å². The highest BCUT2D eigenvalue weighted by Gasteiger charge is 2.23. The number of hydrogen-bond donors (Lipinski definition) is 1. The van der Waals surface area contributed by atoms with Gasteiger partial charge in [-0.15, -0.1) is 12.4 Å². The van der Waals surface area contributed by atoms with E-state index in [9.17, 15) is 4.79 Å². The molecule has 0 unspecified atom stereocenters. The Morgan fingerprint density at radius 2 is 1.94 bits per heavy atom. The average Bonchev–Trinajstić information content (AvgIpc) is 2.26. The molecule has 0 aromatic carbocycles. The van der Waals surface area contributed by atoms with Crippen molar-refractivity contribution in [1.29, 1.82) is 0 Å². The highest BCUT2D eigenvalue weighted by Crippen LogP contribution is 2.05. The van der Waals surface area contributed by atoms with E-state index in [1.54, 1.807) is 11.8 Å². The smallest absolute Gasteiger partial charge is 0.239 e. The van der Waals surface area contributed by atoms with Crippen LogP contribution < -0.4 is 5.73 Å². The van der Waals surface area contributed by atoms with Gasteiger partial charge >= 0.3 is 0 Å². The summed E-state index contributed by atoms with van der Waals surface area (Å²) in [4.78, 5) is 16.0. The van der Waals surface area contributed by atoms with Crippen LogP contribution in [0.4, 0.5) is 0 Å². The fourth-order valence-electron chi connectivity index (χ4n) is 1.63. The zero-order chi connectivity index (χ0) is 11.3. The van der Waals surface area contributed by atoms with Gasteiger partial charge in [-0.25, -0.2) is 0 Å². The number of likely N-dealkylation sites (N-methyl/N-ethyl adjacent to an activating group) is 1. The van der Waals surface area contributed by atoms with Gasteiger partial charge in [-0.1, -0.05) is 0 Å². The molecule has 1 aliphatic heterocycles. The van der Waals surface area contributed by atoms with Crippen LogP contribution in [0, 0.1) is 0 Å². The predicted molar refractivity (Wildman–Crippen MR) is 72.3 cm³/mol. The summed E-state index contributed by atoms with van der Waals surface area (Å²) >= 11 is 1.74. The highest BCUT2D eigenvalue weighted by atomic mass is 35.5. The first kappa shape index (κ1) is 16.0. The molecule has 0 saturated carbocycles. The Morgan fingerprint density at radius 1 is 1.38 bits per heavy atom. The average molecular weight is 268 g/mol. The fraction of sp³-hybridized carbons (Fsp3) is 0.900. The second-order valence-corrected chi connectivity index (χ2v) is 5.00. The van der Waals surface area contributed by atoms with E-state index in [-0.39, 0.29) is 24.4 Å².